The van der Waals surface area contributed by atoms with Crippen molar-refractivity contribution in [3.63, 3.8) is 0 Å². The molecule has 0 radical (unpaired) electrons. The zero-order chi connectivity index (χ0) is 28.0. The molecule has 199 valence electrons. The second-order valence-corrected chi connectivity index (χ2v) is 12.6. The van der Waals surface area contributed by atoms with Gasteiger partial charge in [-0.2, -0.15) is 0 Å². The predicted molar refractivity (Wildman–Crippen MR) is 157 cm³/mol. The van der Waals surface area contributed by atoms with Crippen LogP contribution >= 0.6 is 0 Å². The van der Waals surface area contributed by atoms with Gasteiger partial charge in [0.25, 0.3) is 0 Å². The molecule has 0 unspecified atom stereocenters. The van der Waals surface area contributed by atoms with Crippen molar-refractivity contribution in [2.75, 3.05) is 0 Å². The molecule has 0 spiro atoms. The zero-order valence-corrected chi connectivity index (χ0v) is 25.8. The molecule has 5 heterocycles. The normalized spacial score (nSPS) is 12.3. The van der Waals surface area contributed by atoms with Crippen LogP contribution in [0.1, 0.15) is 47.6 Å². The van der Waals surface area contributed by atoms with E-state index in [0.29, 0.717) is 0 Å². The van der Waals surface area contributed by atoms with Crippen LogP contribution in [0.3, 0.4) is 0 Å². The van der Waals surface area contributed by atoms with Crippen molar-refractivity contribution in [1.82, 2.24) is 19.9 Å². The Hall–Kier alpha value is -3.65. The summed E-state index contributed by atoms with van der Waals surface area (Å²) in [7, 11) is -4.06. The predicted octanol–water partition coefficient (Wildman–Crippen LogP) is 7.27. The van der Waals surface area contributed by atoms with Crippen LogP contribution in [0.4, 0.5) is 0 Å². The standard InChI is InChI=1S/C20H14N4.C11H15O3S.Zn/c1-2-14-10-16-5-6-18(23-16)12-20-8-7-19(24-20)11-17-4-3-15(22-17)9-13(1)21-14;1-2-3-4-6-10-7-5-8-11(9-10)15(12,13)14;/h1-12,21,24H;5,7-9H,1-4,6H2,(H,12,13,14);. The molecule has 2 aliphatic rings. The van der Waals surface area contributed by atoms with Gasteiger partial charge in [0.15, 0.2) is 0 Å². The molecule has 0 fully saturated rings. The fourth-order valence-electron chi connectivity index (χ4n) is 4.49. The molecule has 8 bridgehead atoms. The van der Waals surface area contributed by atoms with Gasteiger partial charge >= 0.3 is 107 Å². The van der Waals surface area contributed by atoms with Gasteiger partial charge in [-0.15, -0.1) is 0 Å². The number of hydrogen-bond acceptors (Lipinski definition) is 4. The summed E-state index contributed by atoms with van der Waals surface area (Å²) in [5.41, 5.74) is 8.83. The number of benzene rings is 1. The van der Waals surface area contributed by atoms with E-state index in [1.165, 1.54) is 42.2 Å². The summed E-state index contributed by atoms with van der Waals surface area (Å²) < 4.78 is 30.7. The minimum absolute atomic E-state index is 0.00726. The van der Waals surface area contributed by atoms with E-state index in [4.69, 9.17) is 4.55 Å². The van der Waals surface area contributed by atoms with Crippen LogP contribution in [0.25, 0.3) is 46.4 Å². The van der Waals surface area contributed by atoms with Crippen LogP contribution in [0.2, 0.25) is 5.02 Å². The van der Waals surface area contributed by atoms with Gasteiger partial charge in [0.1, 0.15) is 0 Å². The van der Waals surface area contributed by atoms with Crippen LogP contribution in [0, 0.1) is 0 Å². The first-order chi connectivity index (χ1) is 19.3. The molecule has 0 saturated heterocycles. The van der Waals surface area contributed by atoms with Gasteiger partial charge in [-0.25, -0.2) is 9.97 Å². The molecule has 3 N–H and O–H groups in total. The SMILES string of the molecule is C1=Cc2cc3ccc(cc4nc(cc5ccc(cc1n2)[nH]5)C=C4)[nH]3.O=S(=O)(O)c1cccc(CCCC[CH2][Zn])c1. The Labute approximate surface area is 243 Å². The Morgan fingerprint density at radius 1 is 0.650 bits per heavy atom. The molecule has 3 aromatic heterocycles. The van der Waals surface area contributed by atoms with Gasteiger partial charge in [0.05, 0.1) is 22.8 Å². The summed E-state index contributed by atoms with van der Waals surface area (Å²) in [6, 6.07) is 22.9. The molecule has 0 aliphatic carbocycles. The maximum absolute atomic E-state index is 10.9. The number of unbranched alkanes of at least 4 members (excludes halogenated alkanes) is 2. The molecule has 0 amide bonds. The molecular formula is C31H29N4O3SZn. The van der Waals surface area contributed by atoms with E-state index in [1.54, 1.807) is 12.1 Å². The van der Waals surface area contributed by atoms with Gasteiger partial charge in [-0.1, -0.05) is 0 Å². The summed E-state index contributed by atoms with van der Waals surface area (Å²) in [6.45, 7) is 0. The second kappa shape index (κ2) is 12.7. The van der Waals surface area contributed by atoms with Crippen molar-refractivity contribution >= 4 is 56.5 Å². The number of rotatable bonds is 6. The minimum atomic E-state index is -4.06. The first kappa shape index (κ1) is 27.9. The number of hydrogen-bond donors (Lipinski definition) is 3. The molecule has 0 saturated carbocycles. The zero-order valence-electron chi connectivity index (χ0n) is 22.0. The van der Waals surface area contributed by atoms with Crippen molar-refractivity contribution in [3.8, 4) is 0 Å². The van der Waals surface area contributed by atoms with Crippen LogP contribution in [0.15, 0.2) is 77.7 Å². The molecule has 9 heteroatoms. The van der Waals surface area contributed by atoms with Crippen LogP contribution in [0.5, 0.6) is 0 Å². The van der Waals surface area contributed by atoms with Gasteiger partial charge < -0.3 is 9.97 Å². The van der Waals surface area contributed by atoms with Crippen molar-refractivity contribution in [2.45, 2.75) is 35.6 Å². The number of H-pyrrole nitrogens is 2. The number of aryl methyl sites for hydroxylation is 1. The Bertz CT molecular complexity index is 1660. The monoisotopic (exact) mass is 601 g/mol. The van der Waals surface area contributed by atoms with Gasteiger partial charge in [0, 0.05) is 22.1 Å². The number of fused-ring (bicyclic) bond motifs is 8. The number of aromatic nitrogens is 4. The molecule has 1 aromatic carbocycles. The summed E-state index contributed by atoms with van der Waals surface area (Å²) >= 11 is 1.35. The third kappa shape index (κ3) is 7.72. The van der Waals surface area contributed by atoms with Crippen molar-refractivity contribution < 1.29 is 31.3 Å². The van der Waals surface area contributed by atoms with E-state index in [1.807, 2.05) is 54.6 Å². The van der Waals surface area contributed by atoms with Crippen molar-refractivity contribution in [3.05, 3.63) is 101 Å². The maximum atomic E-state index is 10.9. The topological polar surface area (TPSA) is 112 Å². The molecule has 4 aromatic rings. The quantitative estimate of drug-likeness (QED) is 0.105. The van der Waals surface area contributed by atoms with Crippen LogP contribution in [-0.2, 0) is 34.8 Å². The average Bonchev–Trinajstić information content (AvgIpc) is 3.73. The summed E-state index contributed by atoms with van der Waals surface area (Å²) in [5, 5.41) is 1.31. The Kier molecular flexibility index (Phi) is 8.85. The summed E-state index contributed by atoms with van der Waals surface area (Å²) in [6.07, 6.45) is 12.5. The van der Waals surface area contributed by atoms with E-state index in [9.17, 15) is 8.42 Å². The van der Waals surface area contributed by atoms with E-state index >= 15 is 0 Å². The first-order valence-corrected chi connectivity index (χ1v) is 16.8. The Balaban J connectivity index is 0.000000177. The molecule has 40 heavy (non-hydrogen) atoms. The summed E-state index contributed by atoms with van der Waals surface area (Å²) in [5.74, 6) is 0. The Morgan fingerprint density at radius 2 is 1.12 bits per heavy atom. The molecule has 2 aliphatic heterocycles. The van der Waals surface area contributed by atoms with Gasteiger partial charge in [0.2, 0.25) is 0 Å². The van der Waals surface area contributed by atoms with E-state index < -0.39 is 10.1 Å². The number of aromatic amines is 2. The van der Waals surface area contributed by atoms with Gasteiger partial charge in [-0.05, 0) is 72.8 Å². The third-order valence-electron chi connectivity index (χ3n) is 6.45. The van der Waals surface area contributed by atoms with Gasteiger partial charge in [-0.3, -0.25) is 0 Å². The average molecular weight is 603 g/mol. The van der Waals surface area contributed by atoms with Crippen LogP contribution < -0.4 is 0 Å². The molecule has 6 rings (SSSR count). The third-order valence-corrected chi connectivity index (χ3v) is 8.35. The fourth-order valence-corrected chi connectivity index (χ4v) is 5.78. The van der Waals surface area contributed by atoms with E-state index in [2.05, 4.69) is 44.2 Å². The van der Waals surface area contributed by atoms with Crippen molar-refractivity contribution in [1.29, 1.82) is 0 Å². The summed E-state index contributed by atoms with van der Waals surface area (Å²) in [4.78, 5) is 16.0. The molecular weight excluding hydrogens is 574 g/mol. The molecule has 7 nitrogen and oxygen atoms in total. The van der Waals surface area contributed by atoms with Crippen LogP contribution in [-0.4, -0.2) is 32.9 Å². The Morgan fingerprint density at radius 3 is 1.55 bits per heavy atom. The van der Waals surface area contributed by atoms with E-state index in [0.717, 1.165) is 63.2 Å². The van der Waals surface area contributed by atoms with E-state index in [-0.39, 0.29) is 4.90 Å². The first-order valence-electron chi connectivity index (χ1n) is 13.2. The number of nitrogens with one attached hydrogen (secondary N) is 2. The molecule has 0 atom stereocenters. The second-order valence-electron chi connectivity index (χ2n) is 9.69. The fraction of sp³-hybridized carbons (Fsp3) is 0.161. The van der Waals surface area contributed by atoms with Crippen molar-refractivity contribution in [2.24, 2.45) is 0 Å². The number of nitrogens with zero attached hydrogens (tertiary/aromatic N) is 2.